The third-order valence-corrected chi connectivity index (χ3v) is 3.05. The van der Waals surface area contributed by atoms with Crippen molar-refractivity contribution in [3.8, 4) is 0 Å². The highest BCUT2D eigenvalue weighted by molar-refractivity contribution is 7.08. The Kier molecular flexibility index (Phi) is 3.01. The molecular formula is C11H13N3S. The van der Waals surface area contributed by atoms with Gasteiger partial charge in [0.25, 0.3) is 0 Å². The normalized spacial score (nSPS) is 12.6. The first-order valence-electron chi connectivity index (χ1n) is 4.65. The maximum atomic E-state index is 5.91. The highest BCUT2D eigenvalue weighted by Crippen LogP contribution is 2.27. The lowest BCUT2D eigenvalue weighted by molar-refractivity contribution is 0.640. The summed E-state index contributed by atoms with van der Waals surface area (Å²) in [5.41, 5.74) is 11.6. The van der Waals surface area contributed by atoms with Gasteiger partial charge in [-0.15, -0.1) is 0 Å². The first-order chi connectivity index (χ1) is 7.33. The van der Waals surface area contributed by atoms with Crippen LogP contribution in [-0.2, 0) is 0 Å². The first kappa shape index (κ1) is 10.2. The van der Waals surface area contributed by atoms with Crippen molar-refractivity contribution in [2.75, 3.05) is 5.73 Å². The maximum absolute atomic E-state index is 5.91. The van der Waals surface area contributed by atoms with Crippen molar-refractivity contribution < 1.29 is 0 Å². The largest absolute Gasteiger partial charge is 0.398 e. The molecule has 5 N–H and O–H groups in total. The summed E-state index contributed by atoms with van der Waals surface area (Å²) < 4.78 is 0. The van der Waals surface area contributed by atoms with Gasteiger partial charge in [0.2, 0.25) is 0 Å². The zero-order chi connectivity index (χ0) is 10.7. The molecule has 1 aromatic heterocycles. The second-order valence-electron chi connectivity index (χ2n) is 3.29. The van der Waals surface area contributed by atoms with Crippen LogP contribution in [0.15, 0.2) is 41.1 Å². The Labute approximate surface area is 92.7 Å². The van der Waals surface area contributed by atoms with Gasteiger partial charge in [0.05, 0.1) is 6.04 Å². The van der Waals surface area contributed by atoms with E-state index in [0.29, 0.717) is 0 Å². The summed E-state index contributed by atoms with van der Waals surface area (Å²) in [7, 11) is 0. The van der Waals surface area contributed by atoms with Gasteiger partial charge >= 0.3 is 0 Å². The van der Waals surface area contributed by atoms with E-state index in [2.05, 4.69) is 10.8 Å². The molecule has 1 heterocycles. The molecule has 0 aliphatic carbocycles. The van der Waals surface area contributed by atoms with E-state index in [4.69, 9.17) is 11.6 Å². The fourth-order valence-electron chi connectivity index (χ4n) is 1.58. The lowest BCUT2D eigenvalue weighted by atomic mass is 10.0. The number of hydrogen-bond donors (Lipinski definition) is 3. The van der Waals surface area contributed by atoms with Gasteiger partial charge in [-0.3, -0.25) is 5.84 Å². The van der Waals surface area contributed by atoms with Gasteiger partial charge in [-0.05, 0) is 34.0 Å². The van der Waals surface area contributed by atoms with E-state index in [1.807, 2.05) is 35.7 Å². The number of nitrogens with two attached hydrogens (primary N) is 2. The zero-order valence-corrected chi connectivity index (χ0v) is 9.00. The van der Waals surface area contributed by atoms with Gasteiger partial charge in [-0.1, -0.05) is 18.2 Å². The minimum atomic E-state index is -0.0301. The third-order valence-electron chi connectivity index (χ3n) is 2.35. The summed E-state index contributed by atoms with van der Waals surface area (Å²) in [6, 6.07) is 9.76. The molecule has 3 nitrogen and oxygen atoms in total. The molecule has 1 aromatic carbocycles. The van der Waals surface area contributed by atoms with Crippen LogP contribution in [-0.4, -0.2) is 0 Å². The lowest BCUT2D eigenvalue weighted by Crippen LogP contribution is -2.29. The Morgan fingerprint density at radius 2 is 2.00 bits per heavy atom. The van der Waals surface area contributed by atoms with Crippen LogP contribution in [0, 0.1) is 0 Å². The van der Waals surface area contributed by atoms with Gasteiger partial charge in [0.1, 0.15) is 0 Å². The minimum Gasteiger partial charge on any atom is -0.398 e. The van der Waals surface area contributed by atoms with Crippen LogP contribution in [0.1, 0.15) is 17.2 Å². The Bertz CT molecular complexity index is 425. The summed E-state index contributed by atoms with van der Waals surface area (Å²) >= 11 is 1.65. The Balaban J connectivity index is 2.40. The molecule has 4 heteroatoms. The highest BCUT2D eigenvalue weighted by Gasteiger charge is 2.14. The maximum Gasteiger partial charge on any atom is 0.0738 e. The molecule has 0 aliphatic rings. The van der Waals surface area contributed by atoms with E-state index in [1.54, 1.807) is 11.3 Å². The van der Waals surface area contributed by atoms with E-state index in [-0.39, 0.29) is 6.04 Å². The highest BCUT2D eigenvalue weighted by atomic mass is 32.1. The fraction of sp³-hybridized carbons (Fsp3) is 0.0909. The molecule has 0 radical (unpaired) electrons. The summed E-state index contributed by atoms with van der Waals surface area (Å²) in [4.78, 5) is 0. The van der Waals surface area contributed by atoms with Crippen molar-refractivity contribution in [3.05, 3.63) is 52.2 Å². The number of para-hydroxylation sites is 1. The molecule has 2 aromatic rings. The lowest BCUT2D eigenvalue weighted by Gasteiger charge is -2.16. The smallest absolute Gasteiger partial charge is 0.0738 e. The quantitative estimate of drug-likeness (QED) is 0.419. The Morgan fingerprint density at radius 1 is 1.20 bits per heavy atom. The molecule has 78 valence electrons. The number of benzene rings is 1. The second kappa shape index (κ2) is 4.44. The van der Waals surface area contributed by atoms with Crippen molar-refractivity contribution >= 4 is 17.0 Å². The number of anilines is 1. The molecule has 15 heavy (non-hydrogen) atoms. The molecule has 0 bridgehead atoms. The van der Waals surface area contributed by atoms with E-state index in [1.165, 1.54) is 0 Å². The third kappa shape index (κ3) is 2.02. The van der Waals surface area contributed by atoms with E-state index in [9.17, 15) is 0 Å². The van der Waals surface area contributed by atoms with E-state index < -0.39 is 0 Å². The van der Waals surface area contributed by atoms with E-state index in [0.717, 1.165) is 16.8 Å². The molecule has 2 rings (SSSR count). The predicted octanol–water partition coefficient (Wildman–Crippen LogP) is 1.88. The van der Waals surface area contributed by atoms with Gasteiger partial charge in [0.15, 0.2) is 0 Å². The van der Waals surface area contributed by atoms with Crippen LogP contribution < -0.4 is 17.0 Å². The Morgan fingerprint density at radius 3 is 2.60 bits per heavy atom. The predicted molar refractivity (Wildman–Crippen MR) is 64.3 cm³/mol. The van der Waals surface area contributed by atoms with Crippen molar-refractivity contribution in [2.24, 2.45) is 5.84 Å². The molecule has 0 fully saturated rings. The fourth-order valence-corrected chi connectivity index (χ4v) is 2.26. The summed E-state index contributed by atoms with van der Waals surface area (Å²) in [6.45, 7) is 0. The first-order valence-corrected chi connectivity index (χ1v) is 5.60. The van der Waals surface area contributed by atoms with Crippen LogP contribution >= 0.6 is 11.3 Å². The number of rotatable bonds is 3. The average Bonchev–Trinajstić information content (AvgIpc) is 2.75. The standard InChI is InChI=1S/C11H13N3S/c12-10-4-2-1-3-9(10)11(14-13)8-5-6-15-7-8/h1-7,11,14H,12-13H2. The summed E-state index contributed by atoms with van der Waals surface area (Å²) in [5, 5.41) is 4.09. The number of nitrogen functional groups attached to an aromatic ring is 1. The van der Waals surface area contributed by atoms with Gasteiger partial charge < -0.3 is 5.73 Å². The average molecular weight is 219 g/mol. The molecule has 0 saturated heterocycles. The number of nitrogens with one attached hydrogen (secondary N) is 1. The molecular weight excluding hydrogens is 206 g/mol. The van der Waals surface area contributed by atoms with Crippen LogP contribution in [0.3, 0.4) is 0 Å². The van der Waals surface area contributed by atoms with Crippen LogP contribution in [0.5, 0.6) is 0 Å². The monoisotopic (exact) mass is 219 g/mol. The second-order valence-corrected chi connectivity index (χ2v) is 4.07. The zero-order valence-electron chi connectivity index (χ0n) is 8.18. The van der Waals surface area contributed by atoms with Gasteiger partial charge in [0, 0.05) is 5.69 Å². The topological polar surface area (TPSA) is 64.1 Å². The van der Waals surface area contributed by atoms with Crippen molar-refractivity contribution in [1.29, 1.82) is 0 Å². The SMILES string of the molecule is NNC(c1ccsc1)c1ccccc1N. The Hall–Kier alpha value is -1.36. The number of thiophene rings is 1. The molecule has 0 saturated carbocycles. The van der Waals surface area contributed by atoms with Crippen molar-refractivity contribution in [2.45, 2.75) is 6.04 Å². The summed E-state index contributed by atoms with van der Waals surface area (Å²) in [6.07, 6.45) is 0. The molecule has 1 unspecified atom stereocenters. The molecule has 0 amide bonds. The molecule has 0 spiro atoms. The number of hydrazine groups is 1. The van der Waals surface area contributed by atoms with Crippen LogP contribution in [0.25, 0.3) is 0 Å². The van der Waals surface area contributed by atoms with Gasteiger partial charge in [-0.2, -0.15) is 11.3 Å². The molecule has 0 aliphatic heterocycles. The van der Waals surface area contributed by atoms with Crippen LogP contribution in [0.2, 0.25) is 0 Å². The minimum absolute atomic E-state index is 0.0301. The van der Waals surface area contributed by atoms with Crippen molar-refractivity contribution in [3.63, 3.8) is 0 Å². The van der Waals surface area contributed by atoms with Crippen molar-refractivity contribution in [1.82, 2.24) is 5.43 Å². The van der Waals surface area contributed by atoms with E-state index >= 15 is 0 Å². The van der Waals surface area contributed by atoms with Crippen LogP contribution in [0.4, 0.5) is 5.69 Å². The molecule has 1 atom stereocenters. The summed E-state index contributed by atoms with van der Waals surface area (Å²) in [5.74, 6) is 5.56. The number of hydrogen-bond acceptors (Lipinski definition) is 4. The van der Waals surface area contributed by atoms with Gasteiger partial charge in [-0.25, -0.2) is 5.43 Å².